The number of halogens is 2. The minimum absolute atomic E-state index is 0.0291. The third-order valence-corrected chi connectivity index (χ3v) is 2.81. The van der Waals surface area contributed by atoms with Gasteiger partial charge in [-0.1, -0.05) is 12.1 Å². The van der Waals surface area contributed by atoms with Gasteiger partial charge in [0.1, 0.15) is 11.6 Å². The first-order chi connectivity index (χ1) is 10.0. The number of aliphatic hydroxyl groups is 1. The summed E-state index contributed by atoms with van der Waals surface area (Å²) < 4.78 is 25.5. The Morgan fingerprint density at radius 3 is 2.10 bits per heavy atom. The van der Waals surface area contributed by atoms with Crippen LogP contribution in [0.1, 0.15) is 11.7 Å². The molecule has 3 N–H and O–H groups in total. The van der Waals surface area contributed by atoms with Crippen molar-refractivity contribution >= 4 is 11.7 Å². The number of carbonyl (C=O) groups is 1. The lowest BCUT2D eigenvalue weighted by atomic mass is 10.1. The van der Waals surface area contributed by atoms with Crippen LogP contribution in [0.5, 0.6) is 0 Å². The van der Waals surface area contributed by atoms with Gasteiger partial charge in [0, 0.05) is 12.2 Å². The molecule has 0 fully saturated rings. The molecule has 2 aromatic carbocycles. The smallest absolute Gasteiger partial charge is 0.319 e. The van der Waals surface area contributed by atoms with Crippen LogP contribution in [0.3, 0.4) is 0 Å². The largest absolute Gasteiger partial charge is 0.387 e. The summed E-state index contributed by atoms with van der Waals surface area (Å²) in [7, 11) is 0. The number of benzene rings is 2. The third kappa shape index (κ3) is 4.54. The molecule has 0 saturated heterocycles. The first-order valence-electron chi connectivity index (χ1n) is 6.28. The summed E-state index contributed by atoms with van der Waals surface area (Å²) in [6.07, 6.45) is -0.940. The fraction of sp³-hybridized carbons (Fsp3) is 0.133. The molecule has 0 spiro atoms. The fourth-order valence-corrected chi connectivity index (χ4v) is 1.70. The summed E-state index contributed by atoms with van der Waals surface area (Å²) >= 11 is 0. The molecule has 0 heterocycles. The van der Waals surface area contributed by atoms with Crippen LogP contribution in [0.2, 0.25) is 0 Å². The Morgan fingerprint density at radius 1 is 1.00 bits per heavy atom. The lowest BCUT2D eigenvalue weighted by Gasteiger charge is -2.13. The number of aliphatic hydroxyl groups excluding tert-OH is 1. The average molecular weight is 292 g/mol. The van der Waals surface area contributed by atoms with E-state index in [1.807, 2.05) is 0 Å². The van der Waals surface area contributed by atoms with Crippen molar-refractivity contribution in [3.8, 4) is 0 Å². The van der Waals surface area contributed by atoms with Gasteiger partial charge in [0.05, 0.1) is 6.10 Å². The van der Waals surface area contributed by atoms with Crippen molar-refractivity contribution in [3.05, 3.63) is 65.7 Å². The van der Waals surface area contributed by atoms with Gasteiger partial charge in [-0.15, -0.1) is 0 Å². The number of amides is 2. The van der Waals surface area contributed by atoms with Crippen molar-refractivity contribution in [1.29, 1.82) is 0 Å². The zero-order valence-corrected chi connectivity index (χ0v) is 11.0. The second kappa shape index (κ2) is 6.81. The van der Waals surface area contributed by atoms with Crippen LogP contribution in [-0.4, -0.2) is 17.7 Å². The SMILES string of the molecule is O=C(NCC(O)c1ccc(F)cc1)Nc1ccc(F)cc1. The molecule has 0 aliphatic carbocycles. The maximum absolute atomic E-state index is 12.7. The second-order valence-corrected chi connectivity index (χ2v) is 4.41. The van der Waals surface area contributed by atoms with Crippen LogP contribution in [0.25, 0.3) is 0 Å². The van der Waals surface area contributed by atoms with Gasteiger partial charge in [-0.25, -0.2) is 13.6 Å². The molecule has 2 amide bonds. The van der Waals surface area contributed by atoms with Crippen molar-refractivity contribution < 1.29 is 18.7 Å². The summed E-state index contributed by atoms with van der Waals surface area (Å²) in [6, 6.07) is 10.1. The number of nitrogens with one attached hydrogen (secondary N) is 2. The summed E-state index contributed by atoms with van der Waals surface area (Å²) in [5.41, 5.74) is 0.934. The second-order valence-electron chi connectivity index (χ2n) is 4.41. The molecule has 0 aliphatic rings. The van der Waals surface area contributed by atoms with Crippen molar-refractivity contribution in [3.63, 3.8) is 0 Å². The molecule has 0 radical (unpaired) electrons. The van der Waals surface area contributed by atoms with E-state index in [-0.39, 0.29) is 6.54 Å². The fourth-order valence-electron chi connectivity index (χ4n) is 1.70. The van der Waals surface area contributed by atoms with Crippen LogP contribution in [-0.2, 0) is 0 Å². The molecule has 0 bridgehead atoms. The highest BCUT2D eigenvalue weighted by molar-refractivity contribution is 5.89. The molecule has 1 atom stereocenters. The lowest BCUT2D eigenvalue weighted by Crippen LogP contribution is -2.32. The van der Waals surface area contributed by atoms with Crippen molar-refractivity contribution in [2.45, 2.75) is 6.10 Å². The Bertz CT molecular complexity index is 600. The molecule has 0 saturated carbocycles. The number of urea groups is 1. The van der Waals surface area contributed by atoms with E-state index in [0.29, 0.717) is 11.3 Å². The number of hydrogen-bond donors (Lipinski definition) is 3. The van der Waals surface area contributed by atoms with Crippen molar-refractivity contribution in [2.75, 3.05) is 11.9 Å². The van der Waals surface area contributed by atoms with Gasteiger partial charge in [0.2, 0.25) is 0 Å². The minimum Gasteiger partial charge on any atom is -0.387 e. The van der Waals surface area contributed by atoms with E-state index >= 15 is 0 Å². The molecule has 2 aromatic rings. The first kappa shape index (κ1) is 14.9. The summed E-state index contributed by atoms with van der Waals surface area (Å²) in [6.45, 7) is -0.0291. The topological polar surface area (TPSA) is 61.4 Å². The highest BCUT2D eigenvalue weighted by atomic mass is 19.1. The molecule has 1 unspecified atom stereocenters. The van der Waals surface area contributed by atoms with Crippen LogP contribution >= 0.6 is 0 Å². The molecule has 0 aliphatic heterocycles. The molecule has 4 nitrogen and oxygen atoms in total. The van der Waals surface area contributed by atoms with Gasteiger partial charge >= 0.3 is 6.03 Å². The molecular weight excluding hydrogens is 278 g/mol. The number of rotatable bonds is 4. The Morgan fingerprint density at radius 2 is 1.52 bits per heavy atom. The maximum atomic E-state index is 12.7. The zero-order chi connectivity index (χ0) is 15.2. The monoisotopic (exact) mass is 292 g/mol. The molecule has 2 rings (SSSR count). The quantitative estimate of drug-likeness (QED) is 0.811. The van der Waals surface area contributed by atoms with Gasteiger partial charge in [0.15, 0.2) is 0 Å². The Kier molecular flexibility index (Phi) is 4.84. The van der Waals surface area contributed by atoms with E-state index in [0.717, 1.165) is 0 Å². The first-order valence-corrected chi connectivity index (χ1v) is 6.28. The van der Waals surface area contributed by atoms with E-state index < -0.39 is 23.8 Å². The molecule has 0 aromatic heterocycles. The molecular formula is C15H14F2N2O2. The number of carbonyl (C=O) groups excluding carboxylic acids is 1. The summed E-state index contributed by atoms with van der Waals surface area (Å²) in [5, 5.41) is 14.8. The van der Waals surface area contributed by atoms with Gasteiger partial charge < -0.3 is 15.7 Å². The zero-order valence-electron chi connectivity index (χ0n) is 11.0. The van der Waals surface area contributed by atoms with Crippen LogP contribution < -0.4 is 10.6 Å². The number of anilines is 1. The van der Waals surface area contributed by atoms with Gasteiger partial charge in [0.25, 0.3) is 0 Å². The molecule has 110 valence electrons. The van der Waals surface area contributed by atoms with Crippen molar-refractivity contribution in [1.82, 2.24) is 5.32 Å². The van der Waals surface area contributed by atoms with Crippen LogP contribution in [0.15, 0.2) is 48.5 Å². The summed E-state index contributed by atoms with van der Waals surface area (Å²) in [4.78, 5) is 11.6. The van der Waals surface area contributed by atoms with E-state index in [1.165, 1.54) is 48.5 Å². The normalized spacial score (nSPS) is 11.8. The Labute approximate surface area is 120 Å². The van der Waals surface area contributed by atoms with E-state index in [9.17, 15) is 18.7 Å². The summed E-state index contributed by atoms with van der Waals surface area (Å²) in [5.74, 6) is -0.791. The van der Waals surface area contributed by atoms with Gasteiger partial charge in [-0.05, 0) is 42.0 Å². The lowest BCUT2D eigenvalue weighted by molar-refractivity contribution is 0.175. The van der Waals surface area contributed by atoms with E-state index in [2.05, 4.69) is 10.6 Å². The maximum Gasteiger partial charge on any atom is 0.319 e. The molecule has 6 heteroatoms. The highest BCUT2D eigenvalue weighted by Crippen LogP contribution is 2.12. The van der Waals surface area contributed by atoms with Crippen molar-refractivity contribution in [2.24, 2.45) is 0 Å². The van der Waals surface area contributed by atoms with Gasteiger partial charge in [-0.2, -0.15) is 0 Å². The van der Waals surface area contributed by atoms with Gasteiger partial charge in [-0.3, -0.25) is 0 Å². The van der Waals surface area contributed by atoms with E-state index in [1.54, 1.807) is 0 Å². The number of hydrogen-bond acceptors (Lipinski definition) is 2. The third-order valence-electron chi connectivity index (χ3n) is 2.81. The predicted molar refractivity (Wildman–Crippen MR) is 74.8 cm³/mol. The van der Waals surface area contributed by atoms with E-state index in [4.69, 9.17) is 0 Å². The Balaban J connectivity index is 1.83. The Hall–Kier alpha value is -2.47. The predicted octanol–water partition coefficient (Wildman–Crippen LogP) is 2.82. The highest BCUT2D eigenvalue weighted by Gasteiger charge is 2.09. The minimum atomic E-state index is -0.940. The standard InChI is InChI=1S/C15H14F2N2O2/c16-11-3-1-10(2-4-11)14(20)9-18-15(21)19-13-7-5-12(17)6-8-13/h1-8,14,20H,9H2,(H2,18,19,21). The van der Waals surface area contributed by atoms with Crippen LogP contribution in [0.4, 0.5) is 19.3 Å². The average Bonchev–Trinajstić information content (AvgIpc) is 2.48. The molecule has 21 heavy (non-hydrogen) atoms. The van der Waals surface area contributed by atoms with Crippen LogP contribution in [0, 0.1) is 11.6 Å².